The number of nitrogens with one attached hydrogen (secondary N) is 1. The van der Waals surface area contributed by atoms with Crippen LogP contribution < -0.4 is 4.72 Å². The summed E-state index contributed by atoms with van der Waals surface area (Å²) < 4.78 is 36.0. The van der Waals surface area contributed by atoms with Gasteiger partial charge in [0, 0.05) is 25.4 Å². The minimum Gasteiger partial charge on any atom is -0.372 e. The van der Waals surface area contributed by atoms with Crippen LogP contribution in [0.15, 0.2) is 35.5 Å². The van der Waals surface area contributed by atoms with E-state index in [1.54, 1.807) is 16.9 Å². The molecule has 1 N–H and O–H groups in total. The molecule has 25 heavy (non-hydrogen) atoms. The molecule has 4 rings (SSSR count). The van der Waals surface area contributed by atoms with Crippen molar-refractivity contribution >= 4 is 10.0 Å². The first-order chi connectivity index (χ1) is 12.0. The summed E-state index contributed by atoms with van der Waals surface area (Å²) >= 11 is 0. The second-order valence-electron chi connectivity index (χ2n) is 6.89. The van der Waals surface area contributed by atoms with E-state index in [2.05, 4.69) is 9.82 Å². The molecule has 2 heterocycles. The van der Waals surface area contributed by atoms with Crippen molar-refractivity contribution < 1.29 is 13.2 Å². The molecular weight excluding hydrogens is 338 g/mol. The Balaban J connectivity index is 1.56. The zero-order chi connectivity index (χ0) is 17.4. The molecule has 1 aliphatic heterocycles. The molecule has 7 heteroatoms. The summed E-state index contributed by atoms with van der Waals surface area (Å²) in [7, 11) is -1.73. The van der Waals surface area contributed by atoms with Crippen LogP contribution in [-0.4, -0.2) is 30.8 Å². The Labute approximate surface area is 148 Å². The third-order valence-electron chi connectivity index (χ3n) is 5.08. The Morgan fingerprint density at radius 2 is 2.04 bits per heavy atom. The van der Waals surface area contributed by atoms with E-state index in [9.17, 15) is 8.42 Å². The van der Waals surface area contributed by atoms with E-state index in [-0.39, 0.29) is 12.1 Å². The molecule has 1 aromatic carbocycles. The van der Waals surface area contributed by atoms with Crippen molar-refractivity contribution in [1.29, 1.82) is 0 Å². The highest BCUT2D eigenvalue weighted by atomic mass is 32.2. The Hall–Kier alpha value is -1.70. The standard InChI is InChI=1S/C18H23N3O3S/c1-21-12-15(11-19-21)18-17(8-9-24-18)20-25(22,23)16-7-6-13-4-2-3-5-14(13)10-16/h6-7,10-12,17-18,20H,2-5,8-9H2,1H3/t17-,18+/m0/s1. The average molecular weight is 361 g/mol. The summed E-state index contributed by atoms with van der Waals surface area (Å²) in [5, 5.41) is 4.16. The third kappa shape index (κ3) is 3.36. The highest BCUT2D eigenvalue weighted by molar-refractivity contribution is 7.89. The molecule has 0 saturated carbocycles. The van der Waals surface area contributed by atoms with Gasteiger partial charge < -0.3 is 4.74 Å². The van der Waals surface area contributed by atoms with Crippen LogP contribution in [-0.2, 0) is 34.6 Å². The van der Waals surface area contributed by atoms with Gasteiger partial charge in [-0.1, -0.05) is 6.07 Å². The SMILES string of the molecule is Cn1cc([C@H]2OCC[C@@H]2NS(=O)(=O)c2ccc3c(c2)CCCC3)cn1. The fourth-order valence-corrected chi connectivity index (χ4v) is 5.09. The summed E-state index contributed by atoms with van der Waals surface area (Å²) in [5.74, 6) is 0. The molecule has 2 aromatic rings. The lowest BCUT2D eigenvalue weighted by atomic mass is 9.92. The Bertz CT molecular complexity index is 875. The van der Waals surface area contributed by atoms with Crippen molar-refractivity contribution in [3.05, 3.63) is 47.3 Å². The van der Waals surface area contributed by atoms with Gasteiger partial charge in [-0.3, -0.25) is 4.68 Å². The minimum absolute atomic E-state index is 0.273. The summed E-state index contributed by atoms with van der Waals surface area (Å²) in [5.41, 5.74) is 3.35. The number of ether oxygens (including phenoxy) is 1. The van der Waals surface area contributed by atoms with Crippen molar-refractivity contribution in [3.63, 3.8) is 0 Å². The Morgan fingerprint density at radius 1 is 1.24 bits per heavy atom. The van der Waals surface area contributed by atoms with Gasteiger partial charge in [-0.15, -0.1) is 0 Å². The molecule has 0 spiro atoms. The summed E-state index contributed by atoms with van der Waals surface area (Å²) in [6.45, 7) is 0.539. The number of rotatable bonds is 4. The maximum Gasteiger partial charge on any atom is 0.240 e. The van der Waals surface area contributed by atoms with Crippen LogP contribution >= 0.6 is 0 Å². The fraction of sp³-hybridized carbons (Fsp3) is 0.500. The van der Waals surface area contributed by atoms with E-state index in [1.807, 2.05) is 25.4 Å². The molecule has 1 saturated heterocycles. The van der Waals surface area contributed by atoms with E-state index in [4.69, 9.17) is 4.74 Å². The van der Waals surface area contributed by atoms with Gasteiger partial charge in [0.25, 0.3) is 0 Å². The zero-order valence-corrected chi connectivity index (χ0v) is 15.1. The smallest absolute Gasteiger partial charge is 0.240 e. The third-order valence-corrected chi connectivity index (χ3v) is 6.57. The molecule has 6 nitrogen and oxygen atoms in total. The number of aromatic nitrogens is 2. The molecule has 1 aliphatic carbocycles. The monoisotopic (exact) mass is 361 g/mol. The maximum atomic E-state index is 12.9. The van der Waals surface area contributed by atoms with Crippen LogP contribution in [0.4, 0.5) is 0 Å². The predicted molar refractivity (Wildman–Crippen MR) is 93.7 cm³/mol. The first-order valence-corrected chi connectivity index (χ1v) is 10.3. The average Bonchev–Trinajstić information content (AvgIpc) is 3.22. The van der Waals surface area contributed by atoms with E-state index in [0.717, 1.165) is 24.8 Å². The number of fused-ring (bicyclic) bond motifs is 1. The van der Waals surface area contributed by atoms with Gasteiger partial charge in [0.05, 0.1) is 17.1 Å². The second kappa shape index (κ2) is 6.55. The Kier molecular flexibility index (Phi) is 4.39. The topological polar surface area (TPSA) is 73.2 Å². The number of hydrogen-bond donors (Lipinski definition) is 1. The number of hydrogen-bond acceptors (Lipinski definition) is 4. The van der Waals surface area contributed by atoms with Gasteiger partial charge in [-0.2, -0.15) is 5.10 Å². The van der Waals surface area contributed by atoms with Crippen LogP contribution in [0.2, 0.25) is 0 Å². The first kappa shape index (κ1) is 16.8. The van der Waals surface area contributed by atoms with E-state index in [1.165, 1.54) is 17.5 Å². The number of nitrogens with zero attached hydrogens (tertiary/aromatic N) is 2. The van der Waals surface area contributed by atoms with Crippen molar-refractivity contribution in [2.24, 2.45) is 7.05 Å². The van der Waals surface area contributed by atoms with Gasteiger partial charge in [0.1, 0.15) is 6.10 Å². The lowest BCUT2D eigenvalue weighted by Gasteiger charge is -2.20. The number of benzene rings is 1. The number of sulfonamides is 1. The van der Waals surface area contributed by atoms with E-state index >= 15 is 0 Å². The molecule has 0 amide bonds. The van der Waals surface area contributed by atoms with Crippen molar-refractivity contribution in [1.82, 2.24) is 14.5 Å². The molecule has 1 aromatic heterocycles. The quantitative estimate of drug-likeness (QED) is 0.905. The van der Waals surface area contributed by atoms with Gasteiger partial charge in [-0.05, 0) is 55.4 Å². The summed E-state index contributed by atoms with van der Waals surface area (Å²) in [6.07, 6.45) is 8.29. The molecular formula is C18H23N3O3S. The highest BCUT2D eigenvalue weighted by Crippen LogP contribution is 2.30. The molecule has 0 bridgehead atoms. The van der Waals surface area contributed by atoms with Crippen LogP contribution in [0.1, 0.15) is 42.1 Å². The highest BCUT2D eigenvalue weighted by Gasteiger charge is 2.34. The molecule has 134 valence electrons. The van der Waals surface area contributed by atoms with Crippen LogP contribution in [0.5, 0.6) is 0 Å². The predicted octanol–water partition coefficient (Wildman–Crippen LogP) is 2.11. The normalized spacial score (nSPS) is 23.6. The molecule has 2 aliphatic rings. The van der Waals surface area contributed by atoms with Crippen LogP contribution in [0, 0.1) is 0 Å². The fourth-order valence-electron chi connectivity index (χ4n) is 3.77. The van der Waals surface area contributed by atoms with E-state index in [0.29, 0.717) is 17.9 Å². The van der Waals surface area contributed by atoms with Gasteiger partial charge in [-0.25, -0.2) is 13.1 Å². The van der Waals surface area contributed by atoms with Gasteiger partial charge in [0.15, 0.2) is 0 Å². The maximum absolute atomic E-state index is 12.9. The van der Waals surface area contributed by atoms with Crippen molar-refractivity contribution in [2.45, 2.75) is 49.1 Å². The van der Waals surface area contributed by atoms with Gasteiger partial charge >= 0.3 is 0 Å². The molecule has 0 radical (unpaired) electrons. The van der Waals surface area contributed by atoms with Crippen molar-refractivity contribution in [3.8, 4) is 0 Å². The molecule has 2 atom stereocenters. The molecule has 0 unspecified atom stereocenters. The van der Waals surface area contributed by atoms with Gasteiger partial charge in [0.2, 0.25) is 10.0 Å². The van der Waals surface area contributed by atoms with Crippen LogP contribution in [0.3, 0.4) is 0 Å². The Morgan fingerprint density at radius 3 is 2.80 bits per heavy atom. The first-order valence-electron chi connectivity index (χ1n) is 8.77. The van der Waals surface area contributed by atoms with Crippen LogP contribution in [0.25, 0.3) is 0 Å². The molecule has 1 fully saturated rings. The lowest BCUT2D eigenvalue weighted by molar-refractivity contribution is 0.102. The second-order valence-corrected chi connectivity index (χ2v) is 8.61. The largest absolute Gasteiger partial charge is 0.372 e. The lowest BCUT2D eigenvalue weighted by Crippen LogP contribution is -2.36. The number of aryl methyl sites for hydroxylation is 3. The summed E-state index contributed by atoms with van der Waals surface area (Å²) in [4.78, 5) is 0.352. The van der Waals surface area contributed by atoms with Crippen molar-refractivity contribution in [2.75, 3.05) is 6.61 Å². The zero-order valence-electron chi connectivity index (χ0n) is 14.3. The van der Waals surface area contributed by atoms with E-state index < -0.39 is 10.0 Å². The summed E-state index contributed by atoms with van der Waals surface area (Å²) in [6, 6.07) is 5.25. The minimum atomic E-state index is -3.57.